The minimum Gasteiger partial charge on any atom is -0.456 e. The summed E-state index contributed by atoms with van der Waals surface area (Å²) in [6.07, 6.45) is 25.5. The Hall–Kier alpha value is -3.78. The van der Waals surface area contributed by atoms with E-state index in [1.54, 1.807) is 22.3 Å². The maximum Gasteiger partial charge on any atom is 0.136 e. The summed E-state index contributed by atoms with van der Waals surface area (Å²) in [4.78, 5) is 0. The molecule has 7 rings (SSSR count). The first kappa shape index (κ1) is 36.6. The molecule has 274 valence electrons. The average molecular weight is 695 g/mol. The fourth-order valence-electron chi connectivity index (χ4n) is 8.72. The van der Waals surface area contributed by atoms with Crippen LogP contribution in [0.4, 0.5) is 0 Å². The fraction of sp³-hybridized carbons (Fsp3) is 0.480. The lowest BCUT2D eigenvalue weighted by Gasteiger charge is -2.12. The average Bonchev–Trinajstić information content (AvgIpc) is 3.68. The summed E-state index contributed by atoms with van der Waals surface area (Å²) in [6.45, 7) is 9.20. The summed E-state index contributed by atoms with van der Waals surface area (Å²) in [6, 6.07) is 23.7. The molecule has 0 saturated heterocycles. The minimum atomic E-state index is 0.944. The van der Waals surface area contributed by atoms with Gasteiger partial charge in [-0.05, 0) is 132 Å². The van der Waals surface area contributed by atoms with Gasteiger partial charge < -0.3 is 8.83 Å². The Morgan fingerprint density at radius 2 is 0.558 bits per heavy atom. The number of rotatable bonds is 20. The molecule has 0 spiro atoms. The third kappa shape index (κ3) is 8.07. The first-order valence-electron chi connectivity index (χ1n) is 21.3. The number of aryl methyl sites for hydroxylation is 4. The molecular weight excluding hydrogens is 633 g/mol. The fourth-order valence-corrected chi connectivity index (χ4v) is 8.72. The first-order valence-corrected chi connectivity index (χ1v) is 21.3. The van der Waals surface area contributed by atoms with Gasteiger partial charge in [-0.2, -0.15) is 0 Å². The van der Waals surface area contributed by atoms with Gasteiger partial charge in [0.25, 0.3) is 0 Å². The molecule has 0 bridgehead atoms. The molecule has 52 heavy (non-hydrogen) atoms. The van der Waals surface area contributed by atoms with Crippen molar-refractivity contribution < 1.29 is 8.83 Å². The quantitative estimate of drug-likeness (QED) is 0.0743. The maximum absolute atomic E-state index is 6.66. The zero-order valence-electron chi connectivity index (χ0n) is 32.7. The zero-order chi connectivity index (χ0) is 35.9. The molecule has 0 aliphatic rings. The van der Waals surface area contributed by atoms with Crippen LogP contribution in [-0.4, -0.2) is 0 Å². The van der Waals surface area contributed by atoms with Crippen LogP contribution in [0, 0.1) is 0 Å². The topological polar surface area (TPSA) is 26.3 Å². The van der Waals surface area contributed by atoms with E-state index in [9.17, 15) is 0 Å². The van der Waals surface area contributed by atoms with E-state index in [0.717, 1.165) is 33.1 Å². The monoisotopic (exact) mass is 694 g/mol. The molecule has 0 amide bonds. The summed E-state index contributed by atoms with van der Waals surface area (Å²) in [5, 5.41) is 9.89. The van der Waals surface area contributed by atoms with Gasteiger partial charge in [-0.25, -0.2) is 0 Å². The van der Waals surface area contributed by atoms with Crippen LogP contribution in [0.15, 0.2) is 69.5 Å². The Labute approximate surface area is 312 Å². The van der Waals surface area contributed by atoms with Gasteiger partial charge in [-0.1, -0.05) is 129 Å². The van der Waals surface area contributed by atoms with E-state index < -0.39 is 0 Å². The summed E-state index contributed by atoms with van der Waals surface area (Å²) in [5.41, 5.74) is 10.0. The third-order valence-electron chi connectivity index (χ3n) is 11.8. The lowest BCUT2D eigenvalue weighted by Crippen LogP contribution is -1.96. The van der Waals surface area contributed by atoms with E-state index in [0.29, 0.717) is 0 Å². The van der Waals surface area contributed by atoms with Crippen LogP contribution >= 0.6 is 0 Å². The van der Waals surface area contributed by atoms with Crippen LogP contribution in [0.25, 0.3) is 65.4 Å². The smallest absolute Gasteiger partial charge is 0.136 e. The number of hydrogen-bond acceptors (Lipinski definition) is 2. The van der Waals surface area contributed by atoms with Crippen LogP contribution in [0.2, 0.25) is 0 Å². The largest absolute Gasteiger partial charge is 0.456 e. The number of unbranched alkanes of at least 4 members (excludes halogenated alkanes) is 12. The van der Waals surface area contributed by atoms with E-state index in [4.69, 9.17) is 8.83 Å². The molecule has 0 unspecified atom stereocenters. The zero-order valence-corrected chi connectivity index (χ0v) is 32.7. The maximum atomic E-state index is 6.66. The van der Waals surface area contributed by atoms with Crippen molar-refractivity contribution in [3.05, 3.63) is 82.9 Å². The molecule has 0 aliphatic heterocycles. The Balaban J connectivity index is 1.26. The Morgan fingerprint density at radius 3 is 0.865 bits per heavy atom. The highest BCUT2D eigenvalue weighted by molar-refractivity contribution is 6.18. The van der Waals surface area contributed by atoms with Crippen LogP contribution in [0.5, 0.6) is 0 Å². The molecule has 0 radical (unpaired) electrons. The lowest BCUT2D eigenvalue weighted by atomic mass is 9.92. The number of fused-ring (bicyclic) bond motifs is 8. The van der Waals surface area contributed by atoms with Crippen molar-refractivity contribution >= 4 is 65.4 Å². The predicted molar refractivity (Wildman–Crippen MR) is 227 cm³/mol. The van der Waals surface area contributed by atoms with Gasteiger partial charge in [0.2, 0.25) is 0 Å². The molecule has 2 heteroatoms. The van der Waals surface area contributed by atoms with Crippen molar-refractivity contribution in [2.24, 2.45) is 0 Å². The lowest BCUT2D eigenvalue weighted by molar-refractivity contribution is 0.651. The Bertz CT molecular complexity index is 2100. The second-order valence-electron chi connectivity index (χ2n) is 15.9. The standard InChI is InChI=1S/C50H62O2/c1-5-9-13-17-21-35-25-39-29-43-45-33-50-46(34-49(45)51-47(43)31-41(39)27-37(35)23-19-15-11-7-3)44-30-40-26-36(22-18-14-10-6-2)38(24-20-16-12-8-4)28-42(40)32-48(44)52-50/h25-34H,5-24H2,1-4H3. The Morgan fingerprint density at radius 1 is 0.288 bits per heavy atom. The molecule has 0 saturated carbocycles. The van der Waals surface area contributed by atoms with E-state index in [2.05, 4.69) is 88.4 Å². The summed E-state index contributed by atoms with van der Waals surface area (Å²) >= 11 is 0. The van der Waals surface area contributed by atoms with Crippen molar-refractivity contribution in [2.45, 2.75) is 156 Å². The van der Waals surface area contributed by atoms with Gasteiger partial charge in [0, 0.05) is 21.5 Å². The van der Waals surface area contributed by atoms with E-state index >= 15 is 0 Å². The molecule has 0 fully saturated rings. The minimum absolute atomic E-state index is 0.944. The van der Waals surface area contributed by atoms with Crippen LogP contribution < -0.4 is 0 Å². The molecule has 2 aromatic heterocycles. The predicted octanol–water partition coefficient (Wildman–Crippen LogP) is 16.3. The van der Waals surface area contributed by atoms with Gasteiger partial charge in [0.15, 0.2) is 0 Å². The molecular formula is C50H62O2. The molecule has 7 aromatic rings. The molecule has 0 aliphatic carbocycles. The van der Waals surface area contributed by atoms with Gasteiger partial charge in [0.05, 0.1) is 0 Å². The highest BCUT2D eigenvalue weighted by atomic mass is 16.3. The summed E-state index contributed by atoms with van der Waals surface area (Å²) in [7, 11) is 0. The van der Waals surface area contributed by atoms with Crippen molar-refractivity contribution in [2.75, 3.05) is 0 Å². The van der Waals surface area contributed by atoms with E-state index in [1.165, 1.54) is 161 Å². The van der Waals surface area contributed by atoms with Gasteiger partial charge in [-0.3, -0.25) is 0 Å². The number of benzene rings is 5. The molecule has 2 nitrogen and oxygen atoms in total. The second-order valence-corrected chi connectivity index (χ2v) is 15.9. The molecule has 0 N–H and O–H groups in total. The highest BCUT2D eigenvalue weighted by Gasteiger charge is 2.17. The summed E-state index contributed by atoms with van der Waals surface area (Å²) < 4.78 is 13.3. The van der Waals surface area contributed by atoms with Crippen LogP contribution in [0.1, 0.15) is 153 Å². The first-order chi connectivity index (χ1) is 25.6. The third-order valence-corrected chi connectivity index (χ3v) is 11.8. The van der Waals surface area contributed by atoms with Crippen LogP contribution in [0.3, 0.4) is 0 Å². The van der Waals surface area contributed by atoms with Crippen molar-refractivity contribution in [1.82, 2.24) is 0 Å². The highest BCUT2D eigenvalue weighted by Crippen LogP contribution is 2.40. The van der Waals surface area contributed by atoms with Gasteiger partial charge in [0.1, 0.15) is 22.3 Å². The molecule has 0 atom stereocenters. The molecule has 5 aromatic carbocycles. The number of furan rings is 2. The van der Waals surface area contributed by atoms with Gasteiger partial charge >= 0.3 is 0 Å². The van der Waals surface area contributed by atoms with Crippen molar-refractivity contribution in [1.29, 1.82) is 0 Å². The van der Waals surface area contributed by atoms with E-state index in [1.807, 2.05) is 0 Å². The SMILES string of the molecule is CCCCCCc1cc2cc3oc4cc5c(cc4c3cc2cc1CCCCCC)oc1cc2cc(CCCCCC)c(CCCCCC)cc2cc15. The van der Waals surface area contributed by atoms with Crippen molar-refractivity contribution in [3.8, 4) is 0 Å². The van der Waals surface area contributed by atoms with E-state index in [-0.39, 0.29) is 0 Å². The van der Waals surface area contributed by atoms with Gasteiger partial charge in [-0.15, -0.1) is 0 Å². The molecule has 2 heterocycles. The second kappa shape index (κ2) is 17.4. The number of hydrogen-bond donors (Lipinski definition) is 0. The normalized spacial score (nSPS) is 12.2. The Kier molecular flexibility index (Phi) is 12.2. The summed E-state index contributed by atoms with van der Waals surface area (Å²) in [5.74, 6) is 0. The van der Waals surface area contributed by atoms with Crippen LogP contribution in [-0.2, 0) is 25.7 Å². The van der Waals surface area contributed by atoms with Crippen molar-refractivity contribution in [3.63, 3.8) is 0 Å².